The van der Waals surface area contributed by atoms with E-state index in [9.17, 15) is 0 Å². The highest BCUT2D eigenvalue weighted by atomic mass is 15.1. The first-order chi connectivity index (χ1) is 8.99. The molecule has 0 amide bonds. The smallest absolute Gasteiger partial charge is 0.00327 e. The highest BCUT2D eigenvalue weighted by Crippen LogP contribution is 2.28. The van der Waals surface area contributed by atoms with Crippen molar-refractivity contribution in [3.63, 3.8) is 0 Å². The van der Waals surface area contributed by atoms with Gasteiger partial charge in [-0.1, -0.05) is 40.5 Å². The van der Waals surface area contributed by atoms with E-state index in [1.807, 2.05) is 0 Å². The van der Waals surface area contributed by atoms with Crippen LogP contribution in [0.5, 0.6) is 0 Å². The first-order valence-corrected chi connectivity index (χ1v) is 8.43. The molecule has 0 aliphatic carbocycles. The lowest BCUT2D eigenvalue weighted by molar-refractivity contribution is 0.116. The number of unbranched alkanes of at least 4 members (excludes halogenated alkanes) is 3. The van der Waals surface area contributed by atoms with Gasteiger partial charge >= 0.3 is 0 Å². The van der Waals surface area contributed by atoms with Crippen molar-refractivity contribution < 1.29 is 0 Å². The van der Waals surface area contributed by atoms with Gasteiger partial charge in [-0.25, -0.2) is 0 Å². The highest BCUT2D eigenvalue weighted by molar-refractivity contribution is 4.79. The van der Waals surface area contributed by atoms with E-state index < -0.39 is 0 Å². The van der Waals surface area contributed by atoms with Gasteiger partial charge in [-0.2, -0.15) is 0 Å². The third-order valence-electron chi connectivity index (χ3n) is 4.11. The van der Waals surface area contributed by atoms with Crippen molar-refractivity contribution in [3.05, 3.63) is 0 Å². The van der Waals surface area contributed by atoms with Gasteiger partial charge in [-0.15, -0.1) is 0 Å². The van der Waals surface area contributed by atoms with E-state index in [-0.39, 0.29) is 0 Å². The molecular formula is C17H36N2. The van der Waals surface area contributed by atoms with Gasteiger partial charge in [0.05, 0.1) is 0 Å². The van der Waals surface area contributed by atoms with Gasteiger partial charge in [-0.05, 0) is 63.2 Å². The Balaban J connectivity index is 1.91. The Morgan fingerprint density at radius 1 is 1.11 bits per heavy atom. The van der Waals surface area contributed by atoms with E-state index in [2.05, 4.69) is 37.9 Å². The molecule has 0 saturated carbocycles. The average molecular weight is 268 g/mol. The number of nitrogens with one attached hydrogen (secondary N) is 1. The van der Waals surface area contributed by atoms with Crippen molar-refractivity contribution >= 4 is 0 Å². The zero-order valence-electron chi connectivity index (χ0n) is 13.8. The lowest BCUT2D eigenvalue weighted by Gasteiger charge is -2.38. The molecule has 1 rings (SSSR count). The van der Waals surface area contributed by atoms with E-state index in [0.29, 0.717) is 5.41 Å². The maximum absolute atomic E-state index is 3.53. The molecule has 2 heteroatoms. The molecule has 1 aliphatic heterocycles. The molecule has 0 aromatic rings. The van der Waals surface area contributed by atoms with E-state index in [4.69, 9.17) is 0 Å². The minimum Gasteiger partial charge on any atom is -0.316 e. The Kier molecular flexibility index (Phi) is 8.01. The first-order valence-electron chi connectivity index (χ1n) is 8.43. The van der Waals surface area contributed by atoms with E-state index >= 15 is 0 Å². The first kappa shape index (κ1) is 17.0. The van der Waals surface area contributed by atoms with Crippen molar-refractivity contribution in [1.82, 2.24) is 10.2 Å². The summed E-state index contributed by atoms with van der Waals surface area (Å²) in [4.78, 5) is 2.68. The zero-order valence-corrected chi connectivity index (χ0v) is 13.8. The Bertz CT molecular complexity index is 223. The summed E-state index contributed by atoms with van der Waals surface area (Å²) in [7, 11) is 0. The molecule has 0 spiro atoms. The van der Waals surface area contributed by atoms with Crippen molar-refractivity contribution in [2.75, 3.05) is 32.7 Å². The number of piperidine rings is 1. The van der Waals surface area contributed by atoms with Gasteiger partial charge in [0.2, 0.25) is 0 Å². The number of likely N-dealkylation sites (tertiary alicyclic amines) is 1. The fourth-order valence-corrected chi connectivity index (χ4v) is 3.07. The molecule has 1 saturated heterocycles. The zero-order chi connectivity index (χ0) is 14.1. The molecule has 2 nitrogen and oxygen atoms in total. The molecule has 0 atom stereocenters. The molecule has 1 aliphatic rings. The van der Waals surface area contributed by atoms with Gasteiger partial charge in [0.1, 0.15) is 0 Å². The van der Waals surface area contributed by atoms with Crippen molar-refractivity contribution in [3.8, 4) is 0 Å². The number of rotatable bonds is 9. The van der Waals surface area contributed by atoms with Gasteiger partial charge < -0.3 is 10.2 Å². The summed E-state index contributed by atoms with van der Waals surface area (Å²) in [6, 6.07) is 0. The van der Waals surface area contributed by atoms with Crippen LogP contribution in [0.3, 0.4) is 0 Å². The molecule has 0 radical (unpaired) electrons. The molecule has 1 N–H and O–H groups in total. The van der Waals surface area contributed by atoms with Gasteiger partial charge in [-0.3, -0.25) is 0 Å². The Hall–Kier alpha value is -0.0800. The Labute approximate surface area is 121 Å². The fraction of sp³-hybridized carbons (Fsp3) is 1.00. The minimum atomic E-state index is 0.555. The fourth-order valence-electron chi connectivity index (χ4n) is 3.07. The Morgan fingerprint density at radius 2 is 1.84 bits per heavy atom. The maximum Gasteiger partial charge on any atom is 0.00327 e. The maximum atomic E-state index is 3.53. The Morgan fingerprint density at radius 3 is 2.53 bits per heavy atom. The summed E-state index contributed by atoms with van der Waals surface area (Å²) in [5.41, 5.74) is 0.555. The largest absolute Gasteiger partial charge is 0.316 e. The summed E-state index contributed by atoms with van der Waals surface area (Å²) < 4.78 is 0. The quantitative estimate of drug-likeness (QED) is 0.638. The lowest BCUT2D eigenvalue weighted by Crippen LogP contribution is -2.40. The van der Waals surface area contributed by atoms with Crippen LogP contribution in [0.4, 0.5) is 0 Å². The molecule has 0 aromatic carbocycles. The van der Waals surface area contributed by atoms with Gasteiger partial charge in [0.25, 0.3) is 0 Å². The predicted molar refractivity (Wildman–Crippen MR) is 85.6 cm³/mol. The highest BCUT2D eigenvalue weighted by Gasteiger charge is 2.25. The normalized spacial score (nSPS) is 20.1. The van der Waals surface area contributed by atoms with Gasteiger partial charge in [0.15, 0.2) is 0 Å². The van der Waals surface area contributed by atoms with E-state index in [1.54, 1.807) is 0 Å². The summed E-state index contributed by atoms with van der Waals surface area (Å²) in [5, 5.41) is 3.53. The number of hydrogen-bond donors (Lipinski definition) is 1. The second kappa shape index (κ2) is 8.97. The van der Waals surface area contributed by atoms with Gasteiger partial charge in [0, 0.05) is 6.54 Å². The van der Waals surface area contributed by atoms with E-state index in [0.717, 1.165) is 5.92 Å². The summed E-state index contributed by atoms with van der Waals surface area (Å²) in [6.45, 7) is 15.7. The molecular weight excluding hydrogens is 232 g/mol. The van der Waals surface area contributed by atoms with Crippen LogP contribution in [0.15, 0.2) is 0 Å². The van der Waals surface area contributed by atoms with Crippen LogP contribution in [0.2, 0.25) is 0 Å². The second-order valence-corrected chi connectivity index (χ2v) is 7.56. The average Bonchev–Trinajstić information content (AvgIpc) is 2.31. The summed E-state index contributed by atoms with van der Waals surface area (Å²) in [6.07, 6.45) is 8.33. The van der Waals surface area contributed by atoms with Crippen LogP contribution in [0, 0.1) is 11.3 Å². The van der Waals surface area contributed by atoms with Crippen LogP contribution in [0.1, 0.15) is 66.2 Å². The van der Waals surface area contributed by atoms with E-state index in [1.165, 1.54) is 71.2 Å². The van der Waals surface area contributed by atoms with Crippen molar-refractivity contribution in [2.24, 2.45) is 11.3 Å². The molecule has 1 fully saturated rings. The summed E-state index contributed by atoms with van der Waals surface area (Å²) in [5.74, 6) is 0.780. The molecule has 114 valence electrons. The third-order valence-corrected chi connectivity index (χ3v) is 4.11. The second-order valence-electron chi connectivity index (χ2n) is 7.56. The molecule has 0 bridgehead atoms. The SMILES string of the molecule is CC(C)CNCCCCCCN1CCCC(C)(C)C1. The van der Waals surface area contributed by atoms with Crippen molar-refractivity contribution in [1.29, 1.82) is 0 Å². The third kappa shape index (κ3) is 8.65. The predicted octanol–water partition coefficient (Wildman–Crippen LogP) is 3.91. The molecule has 1 heterocycles. The van der Waals surface area contributed by atoms with Crippen LogP contribution < -0.4 is 5.32 Å². The molecule has 19 heavy (non-hydrogen) atoms. The number of hydrogen-bond acceptors (Lipinski definition) is 2. The molecule has 0 unspecified atom stereocenters. The minimum absolute atomic E-state index is 0.555. The standard InChI is InChI=1S/C17H36N2/c1-16(2)14-18-11-7-5-6-8-12-19-13-9-10-17(3,4)15-19/h16,18H,5-15H2,1-4H3. The van der Waals surface area contributed by atoms with Crippen LogP contribution in [-0.2, 0) is 0 Å². The van der Waals surface area contributed by atoms with Crippen molar-refractivity contribution in [2.45, 2.75) is 66.2 Å². The topological polar surface area (TPSA) is 15.3 Å². The van der Waals surface area contributed by atoms with Crippen LogP contribution in [-0.4, -0.2) is 37.6 Å². The molecule has 0 aromatic heterocycles. The van der Waals surface area contributed by atoms with Crippen LogP contribution in [0.25, 0.3) is 0 Å². The monoisotopic (exact) mass is 268 g/mol. The lowest BCUT2D eigenvalue weighted by atomic mass is 9.84. The summed E-state index contributed by atoms with van der Waals surface area (Å²) >= 11 is 0. The number of nitrogens with zero attached hydrogens (tertiary/aromatic N) is 1. The van der Waals surface area contributed by atoms with Crippen LogP contribution >= 0.6 is 0 Å².